The van der Waals surface area contributed by atoms with E-state index in [4.69, 9.17) is 9.47 Å². The highest BCUT2D eigenvalue weighted by molar-refractivity contribution is 6.02. The van der Waals surface area contributed by atoms with Crippen LogP contribution in [0.3, 0.4) is 0 Å². The largest absolute Gasteiger partial charge is 0.465 e. The van der Waals surface area contributed by atoms with Crippen molar-refractivity contribution in [3.05, 3.63) is 24.3 Å². The van der Waals surface area contributed by atoms with Crippen LogP contribution < -0.4 is 0 Å². The maximum atomic E-state index is 12.0. The van der Waals surface area contributed by atoms with Crippen molar-refractivity contribution in [3.63, 3.8) is 0 Å². The maximum absolute atomic E-state index is 12.0. The third-order valence-electron chi connectivity index (χ3n) is 2.46. The molecule has 18 heavy (non-hydrogen) atoms. The van der Waals surface area contributed by atoms with Crippen LogP contribution in [0.1, 0.15) is 34.1 Å². The molecule has 0 heterocycles. The highest BCUT2D eigenvalue weighted by atomic mass is 16.6. The van der Waals surface area contributed by atoms with E-state index >= 15 is 0 Å². The standard InChI is InChI=1S/C14H22O4/c1-6-14(10-9-11(4)5,12(15)17-7-2)13(16)18-8-3/h6,9H,1,7-8,10H2,2-5H3. The minimum absolute atomic E-state index is 0.205. The first kappa shape index (κ1) is 16.4. The summed E-state index contributed by atoms with van der Waals surface area (Å²) in [5.74, 6) is -1.23. The van der Waals surface area contributed by atoms with Gasteiger partial charge in [-0.25, -0.2) is 0 Å². The number of carbonyl (C=O) groups is 2. The Bertz CT molecular complexity index is 320. The molecule has 0 unspecified atom stereocenters. The quantitative estimate of drug-likeness (QED) is 0.398. The number of hydrogen-bond donors (Lipinski definition) is 0. The zero-order valence-electron chi connectivity index (χ0n) is 11.6. The lowest BCUT2D eigenvalue weighted by molar-refractivity contribution is -0.167. The molecule has 0 atom stereocenters. The van der Waals surface area contributed by atoms with E-state index in [-0.39, 0.29) is 19.6 Å². The highest BCUT2D eigenvalue weighted by Crippen LogP contribution is 2.29. The van der Waals surface area contributed by atoms with Crippen LogP contribution in [-0.2, 0) is 19.1 Å². The van der Waals surface area contributed by atoms with Gasteiger partial charge in [0, 0.05) is 0 Å². The lowest BCUT2D eigenvalue weighted by Gasteiger charge is -2.24. The lowest BCUT2D eigenvalue weighted by atomic mass is 9.84. The number of allylic oxidation sites excluding steroid dienone is 2. The molecule has 0 amide bonds. The van der Waals surface area contributed by atoms with Crippen LogP contribution in [-0.4, -0.2) is 25.2 Å². The van der Waals surface area contributed by atoms with E-state index in [0.717, 1.165) is 5.57 Å². The van der Waals surface area contributed by atoms with Crippen LogP contribution in [0.4, 0.5) is 0 Å². The number of carbonyl (C=O) groups excluding carboxylic acids is 2. The van der Waals surface area contributed by atoms with Crippen molar-refractivity contribution in [2.45, 2.75) is 34.1 Å². The molecular formula is C14H22O4. The van der Waals surface area contributed by atoms with Gasteiger partial charge in [0.25, 0.3) is 0 Å². The first-order valence-electron chi connectivity index (χ1n) is 6.06. The number of esters is 2. The van der Waals surface area contributed by atoms with Gasteiger partial charge in [-0.05, 0) is 34.1 Å². The zero-order valence-corrected chi connectivity index (χ0v) is 11.6. The van der Waals surface area contributed by atoms with Crippen molar-refractivity contribution in [2.24, 2.45) is 5.41 Å². The van der Waals surface area contributed by atoms with Crippen LogP contribution in [0.5, 0.6) is 0 Å². The summed E-state index contributed by atoms with van der Waals surface area (Å²) in [6.45, 7) is 11.2. The topological polar surface area (TPSA) is 52.6 Å². The van der Waals surface area contributed by atoms with Gasteiger partial charge in [0.1, 0.15) is 0 Å². The maximum Gasteiger partial charge on any atom is 0.327 e. The molecule has 4 heteroatoms. The Balaban J connectivity index is 5.31. The Kier molecular flexibility index (Phi) is 7.01. The molecule has 0 aliphatic heterocycles. The van der Waals surface area contributed by atoms with E-state index in [1.54, 1.807) is 19.9 Å². The van der Waals surface area contributed by atoms with Crippen molar-refractivity contribution in [3.8, 4) is 0 Å². The average molecular weight is 254 g/mol. The molecule has 0 saturated heterocycles. The van der Waals surface area contributed by atoms with Crippen molar-refractivity contribution >= 4 is 11.9 Å². The van der Waals surface area contributed by atoms with Crippen LogP contribution >= 0.6 is 0 Å². The van der Waals surface area contributed by atoms with Gasteiger partial charge < -0.3 is 9.47 Å². The Labute approximate surface area is 109 Å². The van der Waals surface area contributed by atoms with Crippen molar-refractivity contribution in [2.75, 3.05) is 13.2 Å². The van der Waals surface area contributed by atoms with Crippen LogP contribution in [0, 0.1) is 5.41 Å². The Morgan fingerprint density at radius 2 is 1.56 bits per heavy atom. The predicted molar refractivity (Wildman–Crippen MR) is 69.9 cm³/mol. The molecule has 0 N–H and O–H groups in total. The van der Waals surface area contributed by atoms with E-state index in [1.807, 2.05) is 13.8 Å². The molecule has 0 aliphatic carbocycles. The fourth-order valence-electron chi connectivity index (χ4n) is 1.38. The smallest absolute Gasteiger partial charge is 0.327 e. The van der Waals surface area contributed by atoms with Crippen molar-refractivity contribution < 1.29 is 19.1 Å². The summed E-state index contributed by atoms with van der Waals surface area (Å²) in [5.41, 5.74) is -0.432. The van der Waals surface area contributed by atoms with Gasteiger partial charge in [0.2, 0.25) is 0 Å². The van der Waals surface area contributed by atoms with Crippen molar-refractivity contribution in [1.29, 1.82) is 0 Å². The molecule has 0 aromatic heterocycles. The lowest BCUT2D eigenvalue weighted by Crippen LogP contribution is -2.40. The minimum atomic E-state index is -1.44. The minimum Gasteiger partial charge on any atom is -0.465 e. The van der Waals surface area contributed by atoms with E-state index < -0.39 is 17.4 Å². The van der Waals surface area contributed by atoms with Crippen LogP contribution in [0.15, 0.2) is 24.3 Å². The predicted octanol–water partition coefficient (Wildman–Crippen LogP) is 2.64. The van der Waals surface area contributed by atoms with E-state index in [2.05, 4.69) is 6.58 Å². The first-order chi connectivity index (χ1) is 8.44. The van der Waals surface area contributed by atoms with Crippen LogP contribution in [0.2, 0.25) is 0 Å². The molecule has 4 nitrogen and oxygen atoms in total. The molecule has 0 rings (SSSR count). The molecule has 0 fully saturated rings. The summed E-state index contributed by atoms with van der Waals surface area (Å²) in [4.78, 5) is 24.0. The van der Waals surface area contributed by atoms with Gasteiger partial charge in [-0.2, -0.15) is 0 Å². The fraction of sp³-hybridized carbons (Fsp3) is 0.571. The van der Waals surface area contributed by atoms with Gasteiger partial charge in [-0.3, -0.25) is 9.59 Å². The summed E-state index contributed by atoms with van der Waals surface area (Å²) in [6.07, 6.45) is 3.31. The molecule has 0 radical (unpaired) electrons. The Morgan fingerprint density at radius 1 is 1.11 bits per heavy atom. The molecule has 0 bridgehead atoms. The van der Waals surface area contributed by atoms with Gasteiger partial charge in [0.05, 0.1) is 13.2 Å². The number of ether oxygens (including phenoxy) is 2. The average Bonchev–Trinajstić information content (AvgIpc) is 2.30. The second-order valence-electron chi connectivity index (χ2n) is 4.10. The van der Waals surface area contributed by atoms with Gasteiger partial charge in [-0.1, -0.05) is 17.7 Å². The summed E-state index contributed by atoms with van der Waals surface area (Å²) >= 11 is 0. The SMILES string of the molecule is C=CC(CC=C(C)C)(C(=O)OCC)C(=O)OCC. The monoisotopic (exact) mass is 254 g/mol. The molecule has 0 spiro atoms. The number of hydrogen-bond acceptors (Lipinski definition) is 4. The second kappa shape index (κ2) is 7.69. The molecule has 0 aliphatic rings. The molecular weight excluding hydrogens is 232 g/mol. The van der Waals surface area contributed by atoms with E-state index in [0.29, 0.717) is 0 Å². The molecule has 102 valence electrons. The van der Waals surface area contributed by atoms with Gasteiger partial charge in [0.15, 0.2) is 5.41 Å². The third kappa shape index (κ3) is 4.02. The van der Waals surface area contributed by atoms with E-state index in [9.17, 15) is 9.59 Å². The summed E-state index contributed by atoms with van der Waals surface area (Å²) in [5, 5.41) is 0. The second-order valence-corrected chi connectivity index (χ2v) is 4.10. The molecule has 0 saturated carbocycles. The number of rotatable bonds is 7. The van der Waals surface area contributed by atoms with Gasteiger partial charge in [-0.15, -0.1) is 6.58 Å². The summed E-state index contributed by atoms with van der Waals surface area (Å²) < 4.78 is 9.92. The Morgan fingerprint density at radius 3 is 1.83 bits per heavy atom. The third-order valence-corrected chi connectivity index (χ3v) is 2.46. The fourth-order valence-corrected chi connectivity index (χ4v) is 1.38. The summed E-state index contributed by atoms with van der Waals surface area (Å²) in [7, 11) is 0. The van der Waals surface area contributed by atoms with Gasteiger partial charge >= 0.3 is 11.9 Å². The summed E-state index contributed by atoms with van der Waals surface area (Å²) in [6, 6.07) is 0. The Hall–Kier alpha value is -1.58. The van der Waals surface area contributed by atoms with Crippen LogP contribution in [0.25, 0.3) is 0 Å². The van der Waals surface area contributed by atoms with E-state index in [1.165, 1.54) is 6.08 Å². The van der Waals surface area contributed by atoms with Crippen molar-refractivity contribution in [1.82, 2.24) is 0 Å². The molecule has 0 aromatic rings. The highest BCUT2D eigenvalue weighted by Gasteiger charge is 2.45. The first-order valence-corrected chi connectivity index (χ1v) is 6.06. The zero-order chi connectivity index (χ0) is 14.2. The molecule has 0 aromatic carbocycles. The normalized spacial score (nSPS) is 10.4.